The summed E-state index contributed by atoms with van der Waals surface area (Å²) >= 11 is 7.24. The first-order valence-corrected chi connectivity index (χ1v) is 8.62. The standard InChI is InChI=1S/C16H17ClN2O3S/c17-11-5-3-10(4-6-11)15-13(8-14(20)21)23-16(19-15)18-9-12-2-1-7-22-12/h3-6,12H,1-2,7-9H2,(H,18,19)(H,20,21)/p-1/t12-/m0/s1. The number of carboxylic acids is 1. The molecule has 1 aromatic carbocycles. The molecule has 3 rings (SSSR count). The van der Waals surface area contributed by atoms with Gasteiger partial charge in [0.1, 0.15) is 0 Å². The van der Waals surface area contributed by atoms with E-state index in [1.807, 2.05) is 12.1 Å². The summed E-state index contributed by atoms with van der Waals surface area (Å²) < 4.78 is 5.57. The molecule has 0 saturated carbocycles. The van der Waals surface area contributed by atoms with Gasteiger partial charge in [-0.25, -0.2) is 4.98 Å². The molecule has 2 heterocycles. The zero-order valence-electron chi connectivity index (χ0n) is 12.4. The number of nitrogens with one attached hydrogen (secondary N) is 1. The predicted octanol–water partition coefficient (Wildman–Crippen LogP) is 2.35. The molecule has 0 spiro atoms. The lowest BCUT2D eigenvalue weighted by atomic mass is 10.1. The molecule has 1 saturated heterocycles. The number of aliphatic carboxylic acids is 1. The molecule has 1 aromatic heterocycles. The van der Waals surface area contributed by atoms with Gasteiger partial charge in [-0.2, -0.15) is 0 Å². The largest absolute Gasteiger partial charge is 0.550 e. The monoisotopic (exact) mass is 351 g/mol. The molecule has 0 unspecified atom stereocenters. The molecule has 122 valence electrons. The normalized spacial score (nSPS) is 17.3. The highest BCUT2D eigenvalue weighted by Gasteiger charge is 2.17. The number of hydrogen-bond donors (Lipinski definition) is 1. The number of carboxylic acid groups (broad SMARTS) is 1. The summed E-state index contributed by atoms with van der Waals surface area (Å²) in [5.74, 6) is -1.12. The maximum absolute atomic E-state index is 11.0. The Labute approximate surface area is 143 Å². The highest BCUT2D eigenvalue weighted by atomic mass is 35.5. The second-order valence-electron chi connectivity index (χ2n) is 5.36. The van der Waals surface area contributed by atoms with Crippen molar-refractivity contribution in [2.45, 2.75) is 25.4 Å². The number of anilines is 1. The SMILES string of the molecule is O=C([O-])Cc1sc(NC[C@@H]2CCCO2)nc1-c1ccc(Cl)cc1. The number of hydrogen-bond acceptors (Lipinski definition) is 6. The minimum absolute atomic E-state index is 0.156. The zero-order valence-corrected chi connectivity index (χ0v) is 14.0. The van der Waals surface area contributed by atoms with Crippen molar-refractivity contribution in [3.63, 3.8) is 0 Å². The quantitative estimate of drug-likeness (QED) is 0.864. The second kappa shape index (κ2) is 7.29. The fraction of sp³-hybridized carbons (Fsp3) is 0.375. The molecule has 0 amide bonds. The van der Waals surface area contributed by atoms with Gasteiger partial charge in [-0.3, -0.25) is 0 Å². The van der Waals surface area contributed by atoms with E-state index in [0.29, 0.717) is 27.3 Å². The average Bonchev–Trinajstić information content (AvgIpc) is 3.15. The number of nitrogens with zero attached hydrogens (tertiary/aromatic N) is 1. The van der Waals surface area contributed by atoms with Crippen LogP contribution in [0.15, 0.2) is 24.3 Å². The highest BCUT2D eigenvalue weighted by molar-refractivity contribution is 7.16. The van der Waals surface area contributed by atoms with E-state index in [-0.39, 0.29) is 12.5 Å². The molecule has 1 N–H and O–H groups in total. The van der Waals surface area contributed by atoms with Gasteiger partial charge in [-0.05, 0) is 25.0 Å². The third kappa shape index (κ3) is 4.22. The van der Waals surface area contributed by atoms with E-state index in [1.54, 1.807) is 12.1 Å². The number of halogens is 1. The van der Waals surface area contributed by atoms with Gasteiger partial charge in [0.05, 0.1) is 11.8 Å². The van der Waals surface area contributed by atoms with Gasteiger partial charge < -0.3 is 20.0 Å². The van der Waals surface area contributed by atoms with E-state index >= 15 is 0 Å². The topological polar surface area (TPSA) is 74.3 Å². The Bertz CT molecular complexity index is 681. The molecule has 1 atom stereocenters. The lowest BCUT2D eigenvalue weighted by Gasteiger charge is -2.09. The zero-order chi connectivity index (χ0) is 16.2. The van der Waals surface area contributed by atoms with Crippen LogP contribution in [0.1, 0.15) is 17.7 Å². The smallest absolute Gasteiger partial charge is 0.183 e. The lowest BCUT2D eigenvalue weighted by Crippen LogP contribution is -2.24. The Morgan fingerprint density at radius 3 is 2.87 bits per heavy atom. The molecule has 1 aliphatic heterocycles. The Morgan fingerprint density at radius 1 is 1.43 bits per heavy atom. The van der Waals surface area contributed by atoms with Crippen molar-refractivity contribution in [1.29, 1.82) is 0 Å². The number of rotatable bonds is 6. The summed E-state index contributed by atoms with van der Waals surface area (Å²) in [7, 11) is 0. The number of carbonyl (C=O) groups is 1. The molecule has 5 nitrogen and oxygen atoms in total. The minimum atomic E-state index is -1.12. The number of carbonyl (C=O) groups excluding carboxylic acids is 1. The van der Waals surface area contributed by atoms with Gasteiger partial charge in [0.2, 0.25) is 0 Å². The summed E-state index contributed by atoms with van der Waals surface area (Å²) in [4.78, 5) is 16.2. The Morgan fingerprint density at radius 2 is 2.22 bits per heavy atom. The summed E-state index contributed by atoms with van der Waals surface area (Å²) in [6, 6.07) is 7.19. The van der Waals surface area contributed by atoms with Crippen LogP contribution >= 0.6 is 22.9 Å². The van der Waals surface area contributed by atoms with Crippen LogP contribution in [0.2, 0.25) is 5.02 Å². The number of thiazole rings is 1. The van der Waals surface area contributed by atoms with Crippen LogP contribution in [0.3, 0.4) is 0 Å². The molecule has 7 heteroatoms. The first-order chi connectivity index (χ1) is 11.1. The van der Waals surface area contributed by atoms with Crippen molar-refractivity contribution in [3.8, 4) is 11.3 Å². The number of aromatic nitrogens is 1. The van der Waals surface area contributed by atoms with Crippen molar-refractivity contribution in [3.05, 3.63) is 34.2 Å². The maximum atomic E-state index is 11.0. The van der Waals surface area contributed by atoms with Crippen molar-refractivity contribution >= 4 is 34.0 Å². The van der Waals surface area contributed by atoms with E-state index in [9.17, 15) is 9.90 Å². The number of benzene rings is 1. The Balaban J connectivity index is 1.80. The van der Waals surface area contributed by atoms with Crippen LogP contribution in [0.25, 0.3) is 11.3 Å². The van der Waals surface area contributed by atoms with E-state index < -0.39 is 5.97 Å². The second-order valence-corrected chi connectivity index (χ2v) is 6.88. The lowest BCUT2D eigenvalue weighted by molar-refractivity contribution is -0.304. The molecule has 0 aliphatic carbocycles. The third-order valence-corrected chi connectivity index (χ3v) is 4.89. The van der Waals surface area contributed by atoms with Crippen molar-refractivity contribution in [2.24, 2.45) is 0 Å². The Kier molecular flexibility index (Phi) is 5.15. The maximum Gasteiger partial charge on any atom is 0.183 e. The van der Waals surface area contributed by atoms with E-state index in [2.05, 4.69) is 10.3 Å². The van der Waals surface area contributed by atoms with Crippen LogP contribution in [0.5, 0.6) is 0 Å². The third-order valence-electron chi connectivity index (χ3n) is 3.62. The molecular weight excluding hydrogens is 336 g/mol. The van der Waals surface area contributed by atoms with Gasteiger partial charge in [0.25, 0.3) is 0 Å². The van der Waals surface area contributed by atoms with Crippen LogP contribution < -0.4 is 10.4 Å². The molecule has 0 bridgehead atoms. The fourth-order valence-electron chi connectivity index (χ4n) is 2.52. The number of ether oxygens (including phenoxy) is 1. The van der Waals surface area contributed by atoms with Crippen molar-refractivity contribution in [1.82, 2.24) is 4.98 Å². The first-order valence-electron chi connectivity index (χ1n) is 7.43. The van der Waals surface area contributed by atoms with Crippen molar-refractivity contribution < 1.29 is 14.6 Å². The molecule has 0 radical (unpaired) electrons. The summed E-state index contributed by atoms with van der Waals surface area (Å²) in [5, 5.41) is 15.6. The molecule has 1 aliphatic rings. The van der Waals surface area contributed by atoms with Crippen LogP contribution in [0.4, 0.5) is 5.13 Å². The molecule has 2 aromatic rings. The van der Waals surface area contributed by atoms with E-state index in [4.69, 9.17) is 16.3 Å². The summed E-state index contributed by atoms with van der Waals surface area (Å²) in [6.07, 6.45) is 2.16. The van der Waals surface area contributed by atoms with Gasteiger partial charge in [-0.1, -0.05) is 23.7 Å². The summed E-state index contributed by atoms with van der Waals surface area (Å²) in [6.45, 7) is 1.48. The van der Waals surface area contributed by atoms with Crippen LogP contribution in [0, 0.1) is 0 Å². The fourth-order valence-corrected chi connectivity index (χ4v) is 3.62. The average molecular weight is 352 g/mol. The summed E-state index contributed by atoms with van der Waals surface area (Å²) in [5.41, 5.74) is 1.50. The van der Waals surface area contributed by atoms with Gasteiger partial charge >= 0.3 is 0 Å². The van der Waals surface area contributed by atoms with Gasteiger partial charge in [0, 0.05) is 41.0 Å². The predicted molar refractivity (Wildman–Crippen MR) is 88.7 cm³/mol. The Hall–Kier alpha value is -1.63. The minimum Gasteiger partial charge on any atom is -0.550 e. The molecule has 1 fully saturated rings. The molecule has 23 heavy (non-hydrogen) atoms. The highest BCUT2D eigenvalue weighted by Crippen LogP contribution is 2.32. The van der Waals surface area contributed by atoms with E-state index in [1.165, 1.54) is 11.3 Å². The van der Waals surface area contributed by atoms with Crippen LogP contribution in [-0.4, -0.2) is 30.2 Å². The van der Waals surface area contributed by atoms with E-state index in [0.717, 1.165) is 25.0 Å². The van der Waals surface area contributed by atoms with Gasteiger partial charge in [-0.15, -0.1) is 11.3 Å². The van der Waals surface area contributed by atoms with Crippen molar-refractivity contribution in [2.75, 3.05) is 18.5 Å². The first kappa shape index (κ1) is 16.2. The van der Waals surface area contributed by atoms with Crippen LogP contribution in [-0.2, 0) is 16.0 Å². The molecular formula is C16H16ClN2O3S-. The van der Waals surface area contributed by atoms with Gasteiger partial charge in [0.15, 0.2) is 5.13 Å².